The van der Waals surface area contributed by atoms with Crippen LogP contribution in [0.2, 0.25) is 0 Å². The van der Waals surface area contributed by atoms with Gasteiger partial charge in [0.25, 0.3) is 6.29 Å². The molecule has 1 N–H and O–H groups in total. The maximum atomic E-state index is 11.4. The lowest BCUT2D eigenvalue weighted by Gasteiger charge is -2.02. The van der Waals surface area contributed by atoms with Crippen molar-refractivity contribution in [3.05, 3.63) is 41.6 Å². The van der Waals surface area contributed by atoms with Crippen LogP contribution in [-0.4, -0.2) is 12.2 Å². The fourth-order valence-electron chi connectivity index (χ4n) is 1.39. The average molecular weight is 214 g/mol. The highest BCUT2D eigenvalue weighted by atomic mass is 16.2. The summed E-state index contributed by atoms with van der Waals surface area (Å²) in [4.78, 5) is 22.1. The second-order valence-corrected chi connectivity index (χ2v) is 3.83. The van der Waals surface area contributed by atoms with Gasteiger partial charge in [0.1, 0.15) is 0 Å². The first-order valence-electron chi connectivity index (χ1n) is 5.25. The maximum absolute atomic E-state index is 11.4. The molecule has 1 radical (unpaired) electrons. The Morgan fingerprint density at radius 2 is 2.00 bits per heavy atom. The number of allylic oxidation sites excluding steroid dienone is 1. The zero-order valence-electron chi connectivity index (χ0n) is 8.77. The summed E-state index contributed by atoms with van der Waals surface area (Å²) in [5.41, 5.74) is 1.07. The van der Waals surface area contributed by atoms with E-state index in [1.807, 2.05) is 30.3 Å². The molecule has 1 aromatic rings. The average Bonchev–Trinajstić information content (AvgIpc) is 3.13. The van der Waals surface area contributed by atoms with E-state index in [0.29, 0.717) is 0 Å². The molecule has 0 atom stereocenters. The third-order valence-corrected chi connectivity index (χ3v) is 2.43. The summed E-state index contributed by atoms with van der Waals surface area (Å²) in [6.07, 6.45) is 5.20. The van der Waals surface area contributed by atoms with Gasteiger partial charge >= 0.3 is 0 Å². The van der Waals surface area contributed by atoms with Gasteiger partial charge in [-0.25, -0.2) is 0 Å². The van der Waals surface area contributed by atoms with Crippen molar-refractivity contribution in [2.24, 2.45) is 5.92 Å². The molecule has 81 valence electrons. The Morgan fingerprint density at radius 3 is 2.56 bits per heavy atom. The molecule has 1 fully saturated rings. The van der Waals surface area contributed by atoms with Crippen LogP contribution in [0, 0.1) is 5.92 Å². The third-order valence-electron chi connectivity index (χ3n) is 2.43. The number of hydrogen-bond acceptors (Lipinski definition) is 2. The smallest absolute Gasteiger partial charge is 0.251 e. The molecule has 0 aliphatic heterocycles. The van der Waals surface area contributed by atoms with Crippen LogP contribution in [0.1, 0.15) is 18.4 Å². The van der Waals surface area contributed by atoms with Gasteiger partial charge in [-0.05, 0) is 24.5 Å². The van der Waals surface area contributed by atoms with Crippen molar-refractivity contribution >= 4 is 18.3 Å². The van der Waals surface area contributed by atoms with E-state index in [2.05, 4.69) is 5.32 Å². The molecule has 1 saturated carbocycles. The lowest BCUT2D eigenvalue weighted by atomic mass is 10.2. The molecule has 16 heavy (non-hydrogen) atoms. The molecule has 0 bridgehead atoms. The van der Waals surface area contributed by atoms with Crippen molar-refractivity contribution in [2.45, 2.75) is 12.8 Å². The first-order chi connectivity index (χ1) is 7.79. The van der Waals surface area contributed by atoms with Gasteiger partial charge in [0, 0.05) is 5.92 Å². The number of rotatable bonds is 4. The van der Waals surface area contributed by atoms with E-state index in [-0.39, 0.29) is 17.5 Å². The van der Waals surface area contributed by atoms with Crippen molar-refractivity contribution in [1.82, 2.24) is 5.32 Å². The van der Waals surface area contributed by atoms with Crippen LogP contribution < -0.4 is 5.32 Å². The first-order valence-corrected chi connectivity index (χ1v) is 5.25. The Hall–Kier alpha value is -1.90. The molecule has 1 amide bonds. The number of carbonyl (C=O) groups is 1. The summed E-state index contributed by atoms with van der Waals surface area (Å²) in [7, 11) is 0. The molecule has 0 unspecified atom stereocenters. The van der Waals surface area contributed by atoms with E-state index >= 15 is 0 Å². The second-order valence-electron chi connectivity index (χ2n) is 3.83. The lowest BCUT2D eigenvalue weighted by Crippen LogP contribution is -2.24. The standard InChI is InChI=1S/C13H12NO2/c15-9-12(14-13(16)11-6-7-11)8-10-4-2-1-3-5-10/h1-5,8,11H,6-7H2,(H,14,16). The Bertz CT molecular complexity index is 419. The summed E-state index contributed by atoms with van der Waals surface area (Å²) >= 11 is 0. The topological polar surface area (TPSA) is 46.2 Å². The number of benzene rings is 1. The minimum absolute atomic E-state index is 0.0782. The summed E-state index contributed by atoms with van der Waals surface area (Å²) in [5.74, 6) is 0.0121. The molecule has 0 spiro atoms. The number of carbonyl (C=O) groups excluding carboxylic acids is 2. The summed E-state index contributed by atoms with van der Waals surface area (Å²) in [6.45, 7) is 0. The minimum Gasteiger partial charge on any atom is -0.322 e. The minimum atomic E-state index is -0.0782. The van der Waals surface area contributed by atoms with Gasteiger partial charge in [-0.3, -0.25) is 9.59 Å². The van der Waals surface area contributed by atoms with Crippen molar-refractivity contribution < 1.29 is 9.59 Å². The van der Waals surface area contributed by atoms with Gasteiger partial charge in [0.15, 0.2) is 0 Å². The summed E-state index contributed by atoms with van der Waals surface area (Å²) in [5, 5.41) is 2.58. The highest BCUT2D eigenvalue weighted by molar-refractivity contribution is 5.92. The molecular weight excluding hydrogens is 202 g/mol. The van der Waals surface area contributed by atoms with Gasteiger partial charge in [-0.1, -0.05) is 30.3 Å². The van der Waals surface area contributed by atoms with E-state index in [9.17, 15) is 9.59 Å². The van der Waals surface area contributed by atoms with Crippen LogP contribution in [-0.2, 0) is 9.59 Å². The van der Waals surface area contributed by atoms with Crippen molar-refractivity contribution in [3.63, 3.8) is 0 Å². The Labute approximate surface area is 94.2 Å². The first kappa shape index (κ1) is 10.6. The second kappa shape index (κ2) is 4.75. The zero-order valence-corrected chi connectivity index (χ0v) is 8.77. The highest BCUT2D eigenvalue weighted by Crippen LogP contribution is 2.29. The molecular formula is C13H12NO2. The van der Waals surface area contributed by atoms with Crippen LogP contribution in [0.5, 0.6) is 0 Å². The predicted molar refractivity (Wildman–Crippen MR) is 61.0 cm³/mol. The van der Waals surface area contributed by atoms with Crippen molar-refractivity contribution in [3.8, 4) is 0 Å². The molecule has 1 aromatic carbocycles. The summed E-state index contributed by atoms with van der Waals surface area (Å²) < 4.78 is 0. The zero-order chi connectivity index (χ0) is 11.4. The van der Waals surface area contributed by atoms with Crippen LogP contribution in [0.15, 0.2) is 36.0 Å². The Morgan fingerprint density at radius 1 is 1.31 bits per heavy atom. The van der Waals surface area contributed by atoms with Crippen LogP contribution in [0.4, 0.5) is 0 Å². The Kier molecular flexibility index (Phi) is 3.15. The number of hydrogen-bond donors (Lipinski definition) is 1. The molecule has 1 aliphatic carbocycles. The van der Waals surface area contributed by atoms with E-state index in [1.165, 1.54) is 0 Å². The molecule has 0 saturated heterocycles. The largest absolute Gasteiger partial charge is 0.322 e. The quantitative estimate of drug-likeness (QED) is 0.775. The van der Waals surface area contributed by atoms with Crippen LogP contribution in [0.3, 0.4) is 0 Å². The molecule has 2 rings (SSSR count). The fraction of sp³-hybridized carbons (Fsp3) is 0.231. The maximum Gasteiger partial charge on any atom is 0.251 e. The molecule has 1 aliphatic rings. The van der Waals surface area contributed by atoms with Gasteiger partial charge < -0.3 is 5.32 Å². The highest BCUT2D eigenvalue weighted by Gasteiger charge is 2.29. The van der Waals surface area contributed by atoms with Gasteiger partial charge in [-0.15, -0.1) is 0 Å². The van der Waals surface area contributed by atoms with Gasteiger partial charge in [-0.2, -0.15) is 0 Å². The molecule has 0 heterocycles. The van der Waals surface area contributed by atoms with Crippen molar-refractivity contribution in [2.75, 3.05) is 0 Å². The van der Waals surface area contributed by atoms with E-state index < -0.39 is 0 Å². The van der Waals surface area contributed by atoms with Crippen LogP contribution >= 0.6 is 0 Å². The van der Waals surface area contributed by atoms with Gasteiger partial charge in [0.2, 0.25) is 5.91 Å². The SMILES string of the molecule is O=[C]C(=Cc1ccccc1)NC(=O)C1CC1. The fourth-order valence-corrected chi connectivity index (χ4v) is 1.39. The van der Waals surface area contributed by atoms with Crippen molar-refractivity contribution in [1.29, 1.82) is 0 Å². The van der Waals surface area contributed by atoms with E-state index in [4.69, 9.17) is 0 Å². The van der Waals surface area contributed by atoms with E-state index in [0.717, 1.165) is 18.4 Å². The van der Waals surface area contributed by atoms with E-state index in [1.54, 1.807) is 12.4 Å². The monoisotopic (exact) mass is 214 g/mol. The Balaban J connectivity index is 2.06. The normalized spacial score (nSPS) is 15.6. The van der Waals surface area contributed by atoms with Crippen LogP contribution in [0.25, 0.3) is 6.08 Å². The molecule has 3 nitrogen and oxygen atoms in total. The molecule has 3 heteroatoms. The molecule has 0 aromatic heterocycles. The number of nitrogens with one attached hydrogen (secondary N) is 1. The lowest BCUT2D eigenvalue weighted by molar-refractivity contribution is -0.121. The predicted octanol–water partition coefficient (Wildman–Crippen LogP) is 1.66. The third kappa shape index (κ3) is 2.79. The van der Waals surface area contributed by atoms with Gasteiger partial charge in [0.05, 0.1) is 5.70 Å². The summed E-state index contributed by atoms with van der Waals surface area (Å²) in [6, 6.07) is 9.36. The number of amides is 1.